The van der Waals surface area contributed by atoms with E-state index in [9.17, 15) is 4.79 Å². The van der Waals surface area contributed by atoms with Gasteiger partial charge in [-0.2, -0.15) is 0 Å². The zero-order valence-electron chi connectivity index (χ0n) is 16.4. The van der Waals surface area contributed by atoms with E-state index in [1.54, 1.807) is 11.8 Å². The molecule has 1 aromatic heterocycles. The molecular formula is C19H32BrN5OS. The summed E-state index contributed by atoms with van der Waals surface area (Å²) in [6.45, 7) is 2.95. The summed E-state index contributed by atoms with van der Waals surface area (Å²) in [7, 11) is 0. The highest BCUT2D eigenvalue weighted by Crippen LogP contribution is 2.33. The summed E-state index contributed by atoms with van der Waals surface area (Å²) >= 11 is 5.40. The maximum atomic E-state index is 12.6. The summed E-state index contributed by atoms with van der Waals surface area (Å²) in [5.41, 5.74) is 0. The maximum Gasteiger partial charge on any atom is 0.222 e. The highest BCUT2D eigenvalue weighted by atomic mass is 79.9. The lowest BCUT2D eigenvalue weighted by Gasteiger charge is -2.33. The van der Waals surface area contributed by atoms with Gasteiger partial charge in [0.05, 0.1) is 6.04 Å². The lowest BCUT2D eigenvalue weighted by molar-refractivity contribution is -0.133. The predicted molar refractivity (Wildman–Crippen MR) is 112 cm³/mol. The topological polar surface area (TPSA) is 63.9 Å². The first-order chi connectivity index (χ1) is 13.2. The number of alkyl halides is 1. The number of tetrazole rings is 1. The van der Waals surface area contributed by atoms with Crippen LogP contribution in [0.4, 0.5) is 0 Å². The van der Waals surface area contributed by atoms with E-state index in [-0.39, 0.29) is 0 Å². The van der Waals surface area contributed by atoms with Crippen molar-refractivity contribution in [3.8, 4) is 0 Å². The number of halogens is 1. The van der Waals surface area contributed by atoms with Crippen molar-refractivity contribution >= 4 is 33.6 Å². The minimum absolute atomic E-state index is 0.320. The Hall–Kier alpha value is -0.630. The van der Waals surface area contributed by atoms with E-state index < -0.39 is 0 Å². The molecule has 0 spiro atoms. The van der Waals surface area contributed by atoms with Crippen LogP contribution >= 0.6 is 27.7 Å². The standard InChI is InChI=1S/C19H32BrN5OS/c1-2-24(16-7-4-3-5-8-16)18(26)9-6-14-27-19-21-22-23-25(19)17-12-10-15(20)11-13-17/h15-17H,2-14H2,1H3. The molecule has 0 aliphatic heterocycles. The number of carbonyl (C=O) groups excluding carboxylic acids is 1. The second kappa shape index (κ2) is 10.8. The van der Waals surface area contributed by atoms with Crippen LogP contribution in [0.5, 0.6) is 0 Å². The third kappa shape index (κ3) is 5.92. The quantitative estimate of drug-likeness (QED) is 0.324. The Balaban J connectivity index is 1.42. The van der Waals surface area contributed by atoms with Gasteiger partial charge in [0.2, 0.25) is 11.1 Å². The van der Waals surface area contributed by atoms with Crippen LogP contribution in [-0.2, 0) is 4.79 Å². The molecule has 2 saturated carbocycles. The molecule has 0 N–H and O–H groups in total. The van der Waals surface area contributed by atoms with Gasteiger partial charge in [-0.15, -0.1) is 5.10 Å². The molecule has 1 amide bonds. The Labute approximate surface area is 175 Å². The zero-order valence-corrected chi connectivity index (χ0v) is 18.8. The van der Waals surface area contributed by atoms with Crippen molar-refractivity contribution in [1.29, 1.82) is 0 Å². The molecule has 1 aromatic rings. The molecule has 0 saturated heterocycles. The maximum absolute atomic E-state index is 12.6. The Morgan fingerprint density at radius 2 is 1.93 bits per heavy atom. The fourth-order valence-corrected chi connectivity index (χ4v) is 5.76. The Kier molecular flexibility index (Phi) is 8.43. The SMILES string of the molecule is CCN(C(=O)CCCSc1nnnn1C1CCC(Br)CC1)C1CCCCC1. The van der Waals surface area contributed by atoms with E-state index in [0.717, 1.165) is 36.7 Å². The van der Waals surface area contributed by atoms with Crippen molar-refractivity contribution in [3.63, 3.8) is 0 Å². The number of nitrogens with zero attached hydrogens (tertiary/aromatic N) is 5. The van der Waals surface area contributed by atoms with Gasteiger partial charge in [-0.3, -0.25) is 4.79 Å². The van der Waals surface area contributed by atoms with E-state index in [1.165, 1.54) is 44.9 Å². The molecule has 3 rings (SSSR count). The minimum atomic E-state index is 0.320. The summed E-state index contributed by atoms with van der Waals surface area (Å²) in [4.78, 5) is 15.4. The van der Waals surface area contributed by atoms with Crippen molar-refractivity contribution in [2.45, 2.75) is 99.6 Å². The number of hydrogen-bond donors (Lipinski definition) is 0. The fourth-order valence-electron chi connectivity index (χ4n) is 4.35. The van der Waals surface area contributed by atoms with Gasteiger partial charge in [0.1, 0.15) is 0 Å². The monoisotopic (exact) mass is 457 g/mol. The lowest BCUT2D eigenvalue weighted by atomic mass is 9.94. The highest BCUT2D eigenvalue weighted by molar-refractivity contribution is 9.09. The third-order valence-corrected chi connectivity index (χ3v) is 7.81. The Bertz CT molecular complexity index is 584. The molecular weight excluding hydrogens is 426 g/mol. The number of hydrogen-bond acceptors (Lipinski definition) is 5. The molecule has 0 aromatic carbocycles. The van der Waals surface area contributed by atoms with Gasteiger partial charge in [0.25, 0.3) is 0 Å². The number of carbonyl (C=O) groups is 1. The average Bonchev–Trinajstić information content (AvgIpc) is 3.16. The number of rotatable bonds is 8. The molecule has 2 aliphatic carbocycles. The highest BCUT2D eigenvalue weighted by Gasteiger charge is 2.25. The Morgan fingerprint density at radius 1 is 1.19 bits per heavy atom. The summed E-state index contributed by atoms with van der Waals surface area (Å²) in [5.74, 6) is 1.21. The van der Waals surface area contributed by atoms with Gasteiger partial charge >= 0.3 is 0 Å². The van der Waals surface area contributed by atoms with Crippen molar-refractivity contribution in [2.75, 3.05) is 12.3 Å². The van der Waals surface area contributed by atoms with Gasteiger partial charge in [0.15, 0.2) is 0 Å². The van der Waals surface area contributed by atoms with E-state index in [0.29, 0.717) is 29.2 Å². The van der Waals surface area contributed by atoms with Crippen LogP contribution in [0.3, 0.4) is 0 Å². The molecule has 0 unspecified atom stereocenters. The predicted octanol–water partition coefficient (Wildman–Crippen LogP) is 4.61. The lowest BCUT2D eigenvalue weighted by Crippen LogP contribution is -2.41. The number of amides is 1. The van der Waals surface area contributed by atoms with Crippen LogP contribution < -0.4 is 0 Å². The van der Waals surface area contributed by atoms with E-state index in [2.05, 4.69) is 43.3 Å². The van der Waals surface area contributed by atoms with Crippen LogP contribution in [0.1, 0.15) is 83.6 Å². The van der Waals surface area contributed by atoms with E-state index in [4.69, 9.17) is 0 Å². The van der Waals surface area contributed by atoms with Crippen molar-refractivity contribution in [3.05, 3.63) is 0 Å². The first-order valence-corrected chi connectivity index (χ1v) is 12.4. The normalized spacial score (nSPS) is 24.1. The second-order valence-corrected chi connectivity index (χ2v) is 10.1. The largest absolute Gasteiger partial charge is 0.340 e. The molecule has 0 atom stereocenters. The first kappa shape index (κ1) is 21.1. The van der Waals surface area contributed by atoms with E-state index >= 15 is 0 Å². The van der Waals surface area contributed by atoms with Crippen molar-refractivity contribution < 1.29 is 4.79 Å². The van der Waals surface area contributed by atoms with Crippen LogP contribution in [0, 0.1) is 0 Å². The second-order valence-electron chi connectivity index (χ2n) is 7.74. The average molecular weight is 458 g/mol. The van der Waals surface area contributed by atoms with Gasteiger partial charge < -0.3 is 4.90 Å². The van der Waals surface area contributed by atoms with Crippen molar-refractivity contribution in [2.24, 2.45) is 0 Å². The summed E-state index contributed by atoms with van der Waals surface area (Å²) in [6, 6.07) is 0.889. The van der Waals surface area contributed by atoms with Crippen LogP contribution in [0.25, 0.3) is 0 Å². The number of aromatic nitrogens is 4. The minimum Gasteiger partial charge on any atom is -0.340 e. The van der Waals surface area contributed by atoms with Crippen LogP contribution in [-0.4, -0.2) is 54.2 Å². The molecule has 2 aliphatic rings. The summed E-state index contributed by atoms with van der Waals surface area (Å²) < 4.78 is 2.01. The first-order valence-electron chi connectivity index (χ1n) is 10.5. The molecule has 27 heavy (non-hydrogen) atoms. The molecule has 0 radical (unpaired) electrons. The summed E-state index contributed by atoms with van der Waals surface area (Å²) in [6.07, 6.45) is 12.3. The smallest absolute Gasteiger partial charge is 0.222 e. The molecule has 1 heterocycles. The fraction of sp³-hybridized carbons (Fsp3) is 0.895. The molecule has 2 fully saturated rings. The van der Waals surface area contributed by atoms with Gasteiger partial charge in [-0.05, 0) is 62.3 Å². The van der Waals surface area contributed by atoms with Crippen LogP contribution in [0.2, 0.25) is 0 Å². The van der Waals surface area contributed by atoms with Gasteiger partial charge in [-0.25, -0.2) is 4.68 Å². The molecule has 0 bridgehead atoms. The van der Waals surface area contributed by atoms with Gasteiger partial charge in [0, 0.05) is 29.6 Å². The van der Waals surface area contributed by atoms with Gasteiger partial charge in [-0.1, -0.05) is 47.0 Å². The third-order valence-electron chi connectivity index (χ3n) is 5.88. The Morgan fingerprint density at radius 3 is 2.63 bits per heavy atom. The molecule has 6 nitrogen and oxygen atoms in total. The molecule has 8 heteroatoms. The van der Waals surface area contributed by atoms with E-state index in [1.807, 2.05) is 4.68 Å². The van der Waals surface area contributed by atoms with Crippen LogP contribution in [0.15, 0.2) is 5.16 Å². The van der Waals surface area contributed by atoms with Crippen molar-refractivity contribution in [1.82, 2.24) is 25.1 Å². The number of thioether (sulfide) groups is 1. The molecule has 152 valence electrons. The summed E-state index contributed by atoms with van der Waals surface area (Å²) in [5, 5.41) is 13.2. The zero-order chi connectivity index (χ0) is 19.1.